The summed E-state index contributed by atoms with van der Waals surface area (Å²) in [5.74, 6) is -2.11. The number of piperidine rings is 1. The second-order valence-corrected chi connectivity index (χ2v) is 9.30. The first-order valence-electron chi connectivity index (χ1n) is 9.31. The molecule has 4 amide bonds. The number of amides is 4. The van der Waals surface area contributed by atoms with Gasteiger partial charge in [-0.3, -0.25) is 15.0 Å². The number of hydrogen-bond donors (Lipinski definition) is 2. The number of imide groups is 1. The maximum Gasteiger partial charge on any atom is 0.344 e. The van der Waals surface area contributed by atoms with Crippen LogP contribution < -0.4 is 10.7 Å². The zero-order valence-electron chi connectivity index (χ0n) is 16.1. The molecule has 0 spiro atoms. The van der Waals surface area contributed by atoms with Crippen molar-refractivity contribution in [2.24, 2.45) is 5.92 Å². The zero-order chi connectivity index (χ0) is 21.4. The molecule has 2 N–H and O–H groups in total. The van der Waals surface area contributed by atoms with Gasteiger partial charge in [0.15, 0.2) is 0 Å². The highest BCUT2D eigenvalue weighted by molar-refractivity contribution is 7.89. The first-order valence-corrected chi connectivity index (χ1v) is 10.8. The Hall–Kier alpha value is -2.53. The summed E-state index contributed by atoms with van der Waals surface area (Å²) in [5, 5.41) is 3.23. The molecule has 2 aliphatic heterocycles. The van der Waals surface area contributed by atoms with Crippen LogP contribution in [0.5, 0.6) is 0 Å². The highest BCUT2D eigenvalue weighted by Gasteiger charge is 2.48. The van der Waals surface area contributed by atoms with E-state index in [2.05, 4.69) is 10.7 Å². The van der Waals surface area contributed by atoms with Crippen LogP contribution in [0.3, 0.4) is 0 Å². The fourth-order valence-corrected chi connectivity index (χ4v) is 4.81. The molecule has 0 radical (unpaired) electrons. The summed E-state index contributed by atoms with van der Waals surface area (Å²) in [6.45, 7) is 3.54. The summed E-state index contributed by atoms with van der Waals surface area (Å²) in [6.07, 6.45) is 0.853. The van der Waals surface area contributed by atoms with Gasteiger partial charge in [-0.2, -0.15) is 9.31 Å². The Morgan fingerprint density at radius 2 is 1.83 bits per heavy atom. The third-order valence-corrected chi connectivity index (χ3v) is 7.38. The number of rotatable bonds is 5. The summed E-state index contributed by atoms with van der Waals surface area (Å²) >= 11 is 0. The van der Waals surface area contributed by atoms with Crippen molar-refractivity contribution in [2.75, 3.05) is 13.1 Å². The van der Waals surface area contributed by atoms with E-state index in [0.717, 1.165) is 12.1 Å². The molecule has 2 fully saturated rings. The first kappa shape index (κ1) is 21.2. The minimum absolute atomic E-state index is 0.0139. The topological polar surface area (TPSA) is 116 Å². The number of carbonyl (C=O) groups excluding carboxylic acids is 3. The predicted molar refractivity (Wildman–Crippen MR) is 100 cm³/mol. The Morgan fingerprint density at radius 3 is 2.34 bits per heavy atom. The van der Waals surface area contributed by atoms with Gasteiger partial charge >= 0.3 is 6.03 Å². The van der Waals surface area contributed by atoms with E-state index in [1.807, 2.05) is 0 Å². The van der Waals surface area contributed by atoms with Crippen LogP contribution in [0, 0.1) is 11.7 Å². The summed E-state index contributed by atoms with van der Waals surface area (Å²) in [6, 6.07) is 3.87. The largest absolute Gasteiger partial charge is 0.344 e. The molecular formula is C18H23FN4O5S. The van der Waals surface area contributed by atoms with Crippen LogP contribution in [-0.4, -0.2) is 54.2 Å². The van der Waals surface area contributed by atoms with Crippen molar-refractivity contribution in [3.63, 3.8) is 0 Å². The quantitative estimate of drug-likeness (QED) is 0.681. The van der Waals surface area contributed by atoms with Gasteiger partial charge in [0, 0.05) is 19.0 Å². The Balaban J connectivity index is 1.61. The average Bonchev–Trinajstić information content (AvgIpc) is 2.92. The van der Waals surface area contributed by atoms with Gasteiger partial charge in [0.05, 0.1) is 4.90 Å². The Kier molecular flexibility index (Phi) is 5.63. The van der Waals surface area contributed by atoms with Gasteiger partial charge in [-0.05, 0) is 50.5 Å². The minimum atomic E-state index is -3.78. The number of hydrazine groups is 1. The molecule has 0 bridgehead atoms. The second-order valence-electron chi connectivity index (χ2n) is 7.36. The van der Waals surface area contributed by atoms with Gasteiger partial charge in [-0.1, -0.05) is 6.92 Å². The van der Waals surface area contributed by atoms with Gasteiger partial charge in [0.25, 0.3) is 5.91 Å². The maximum absolute atomic E-state index is 13.0. The van der Waals surface area contributed by atoms with E-state index in [0.29, 0.717) is 11.4 Å². The number of sulfonamides is 1. The van der Waals surface area contributed by atoms with E-state index in [9.17, 15) is 27.2 Å². The molecule has 0 saturated carbocycles. The molecule has 3 rings (SSSR count). The molecule has 158 valence electrons. The van der Waals surface area contributed by atoms with Crippen LogP contribution in [0.1, 0.15) is 33.1 Å². The maximum atomic E-state index is 13.0. The number of halogens is 1. The molecule has 1 atom stereocenters. The molecule has 9 nitrogen and oxygen atoms in total. The Morgan fingerprint density at radius 1 is 1.24 bits per heavy atom. The average molecular weight is 426 g/mol. The van der Waals surface area contributed by atoms with Gasteiger partial charge in [-0.15, -0.1) is 0 Å². The van der Waals surface area contributed by atoms with Crippen molar-refractivity contribution in [2.45, 2.75) is 43.5 Å². The molecular weight excluding hydrogens is 403 g/mol. The highest BCUT2D eigenvalue weighted by Crippen LogP contribution is 2.25. The molecule has 2 heterocycles. The van der Waals surface area contributed by atoms with E-state index in [-0.39, 0.29) is 30.8 Å². The molecule has 1 aromatic carbocycles. The smallest absolute Gasteiger partial charge is 0.322 e. The monoisotopic (exact) mass is 426 g/mol. The van der Waals surface area contributed by atoms with Gasteiger partial charge in [0.1, 0.15) is 11.4 Å². The highest BCUT2D eigenvalue weighted by atomic mass is 32.2. The van der Waals surface area contributed by atoms with E-state index in [4.69, 9.17) is 0 Å². The summed E-state index contributed by atoms with van der Waals surface area (Å²) in [5.41, 5.74) is 1.29. The fourth-order valence-electron chi connectivity index (χ4n) is 3.34. The van der Waals surface area contributed by atoms with Crippen molar-refractivity contribution in [3.8, 4) is 0 Å². The van der Waals surface area contributed by atoms with Crippen LogP contribution in [0.4, 0.5) is 9.18 Å². The van der Waals surface area contributed by atoms with Crippen LogP contribution in [0.2, 0.25) is 0 Å². The van der Waals surface area contributed by atoms with E-state index >= 15 is 0 Å². The Labute approximate surface area is 168 Å². The number of hydrogen-bond acceptors (Lipinski definition) is 5. The third-order valence-electron chi connectivity index (χ3n) is 5.47. The molecule has 1 aromatic rings. The van der Waals surface area contributed by atoms with E-state index < -0.39 is 45.1 Å². The lowest BCUT2D eigenvalue weighted by atomic mass is 9.97. The standard InChI is InChI=1S/C18H23FN4O5S/c1-3-18(2)16(25)23(17(26)20-18)21-15(24)12-8-10-22(11-9-12)29(27,28)14-6-4-13(19)5-7-14/h4-7,12H,3,8-11H2,1-2H3,(H,20,26)(H,21,24)/t18-/m1/s1. The molecule has 2 aliphatic rings. The van der Waals surface area contributed by atoms with Crippen molar-refractivity contribution in [3.05, 3.63) is 30.1 Å². The number of benzene rings is 1. The molecule has 2 saturated heterocycles. The first-order chi connectivity index (χ1) is 13.6. The van der Waals surface area contributed by atoms with Crippen molar-refractivity contribution in [1.29, 1.82) is 0 Å². The van der Waals surface area contributed by atoms with Crippen LogP contribution in [0.25, 0.3) is 0 Å². The summed E-state index contributed by atoms with van der Waals surface area (Å²) in [7, 11) is -3.78. The van der Waals surface area contributed by atoms with Gasteiger partial charge in [0.2, 0.25) is 15.9 Å². The zero-order valence-corrected chi connectivity index (χ0v) is 17.0. The molecule has 0 aromatic heterocycles. The lowest BCUT2D eigenvalue weighted by molar-refractivity contribution is -0.140. The molecule has 29 heavy (non-hydrogen) atoms. The van der Waals surface area contributed by atoms with Crippen molar-refractivity contribution < 1.29 is 27.2 Å². The number of nitrogens with one attached hydrogen (secondary N) is 2. The molecule has 0 unspecified atom stereocenters. The second kappa shape index (κ2) is 7.71. The predicted octanol–water partition coefficient (Wildman–Crippen LogP) is 0.978. The summed E-state index contributed by atoms with van der Waals surface area (Å²) < 4.78 is 39.6. The number of nitrogens with zero attached hydrogens (tertiary/aromatic N) is 2. The number of carbonyl (C=O) groups is 3. The van der Waals surface area contributed by atoms with Crippen LogP contribution in [-0.2, 0) is 19.6 Å². The van der Waals surface area contributed by atoms with Crippen molar-refractivity contribution in [1.82, 2.24) is 20.1 Å². The van der Waals surface area contributed by atoms with Crippen LogP contribution >= 0.6 is 0 Å². The Bertz CT molecular complexity index is 928. The molecule has 0 aliphatic carbocycles. The minimum Gasteiger partial charge on any atom is -0.322 e. The third kappa shape index (κ3) is 3.97. The van der Waals surface area contributed by atoms with E-state index in [1.165, 1.54) is 16.4 Å². The van der Waals surface area contributed by atoms with Crippen molar-refractivity contribution >= 4 is 27.9 Å². The molecule has 11 heteroatoms. The number of urea groups is 1. The lowest BCUT2D eigenvalue weighted by Crippen LogP contribution is -2.51. The van der Waals surface area contributed by atoms with Gasteiger partial charge in [-0.25, -0.2) is 17.6 Å². The fraction of sp³-hybridized carbons (Fsp3) is 0.500. The SMILES string of the molecule is CC[C@@]1(C)NC(=O)N(NC(=O)C2CCN(S(=O)(=O)c3ccc(F)cc3)CC2)C1=O. The lowest BCUT2D eigenvalue weighted by Gasteiger charge is -2.31. The normalized spacial score (nSPS) is 23.9. The van der Waals surface area contributed by atoms with Crippen LogP contribution in [0.15, 0.2) is 29.2 Å². The summed E-state index contributed by atoms with van der Waals surface area (Å²) in [4.78, 5) is 36.9. The van der Waals surface area contributed by atoms with Gasteiger partial charge < -0.3 is 5.32 Å². The van der Waals surface area contributed by atoms with E-state index in [1.54, 1.807) is 13.8 Å².